The number of halogens is 5. The zero-order valence-corrected chi connectivity index (χ0v) is 21.2. The number of pyridine rings is 1. The highest BCUT2D eigenvalue weighted by Crippen LogP contribution is 2.37. The van der Waals surface area contributed by atoms with Gasteiger partial charge < -0.3 is 26.5 Å². The summed E-state index contributed by atoms with van der Waals surface area (Å²) < 4.78 is 74.8. The molecule has 8 nitrogen and oxygen atoms in total. The van der Waals surface area contributed by atoms with Crippen molar-refractivity contribution >= 4 is 29.3 Å². The Morgan fingerprint density at radius 1 is 1.18 bits per heavy atom. The van der Waals surface area contributed by atoms with E-state index in [1.165, 1.54) is 13.1 Å². The summed E-state index contributed by atoms with van der Waals surface area (Å²) in [4.78, 5) is 22.0. The molecule has 0 aliphatic carbocycles. The maximum Gasteiger partial charge on any atom is 0.416 e. The molecule has 0 bridgehead atoms. The van der Waals surface area contributed by atoms with Gasteiger partial charge in [-0.1, -0.05) is 6.07 Å². The fourth-order valence-electron chi connectivity index (χ4n) is 4.07. The molecule has 0 spiro atoms. The van der Waals surface area contributed by atoms with Crippen LogP contribution in [0, 0.1) is 17.0 Å². The first-order valence-electron chi connectivity index (χ1n) is 11.8. The number of alkyl halides is 3. The van der Waals surface area contributed by atoms with E-state index in [1.54, 1.807) is 19.1 Å². The number of aliphatic imine (C=N–C) groups is 1. The summed E-state index contributed by atoms with van der Waals surface area (Å²) in [6.45, 7) is 3.59. The van der Waals surface area contributed by atoms with Crippen molar-refractivity contribution in [2.24, 2.45) is 4.99 Å². The smallest absolute Gasteiger partial charge is 0.416 e. The number of hydrogen-bond donors (Lipinski definition) is 4. The molecule has 4 rings (SSSR count). The topological polar surface area (TPSA) is 125 Å². The van der Waals surface area contributed by atoms with Crippen LogP contribution in [0.5, 0.6) is 5.88 Å². The van der Waals surface area contributed by atoms with Crippen molar-refractivity contribution in [2.45, 2.75) is 26.1 Å². The predicted octanol–water partition coefficient (Wildman–Crippen LogP) is 5.36. The Balaban J connectivity index is 1.81. The monoisotopic (exact) mass is 558 g/mol. The third-order valence-corrected chi connectivity index (χ3v) is 5.99. The lowest BCUT2D eigenvalue weighted by Gasteiger charge is -2.27. The number of rotatable bonds is 7. The Bertz CT molecular complexity index is 1550. The van der Waals surface area contributed by atoms with Gasteiger partial charge in [0.05, 0.1) is 23.4 Å². The van der Waals surface area contributed by atoms with E-state index in [1.807, 2.05) is 0 Å². The van der Waals surface area contributed by atoms with Gasteiger partial charge in [0.15, 0.2) is 0 Å². The number of aromatic nitrogens is 1. The van der Waals surface area contributed by atoms with Crippen LogP contribution in [0.3, 0.4) is 0 Å². The van der Waals surface area contributed by atoms with Crippen molar-refractivity contribution in [3.8, 4) is 5.88 Å². The number of nitrogens with zero attached hydrogens (tertiary/aromatic N) is 2. The molecule has 1 amide bonds. The molecule has 0 fully saturated rings. The normalized spacial score (nSPS) is 15.3. The van der Waals surface area contributed by atoms with Crippen LogP contribution < -0.4 is 21.1 Å². The molecule has 3 aromatic rings. The summed E-state index contributed by atoms with van der Waals surface area (Å²) in [5.41, 5.74) is 4.42. The molecule has 208 valence electrons. The number of hydrogen-bond acceptors (Lipinski definition) is 7. The second-order valence-corrected chi connectivity index (χ2v) is 8.65. The van der Waals surface area contributed by atoms with Crippen molar-refractivity contribution in [1.29, 1.82) is 5.41 Å². The zero-order chi connectivity index (χ0) is 29.2. The summed E-state index contributed by atoms with van der Waals surface area (Å²) in [6.07, 6.45) is -2.47. The van der Waals surface area contributed by atoms with E-state index in [-0.39, 0.29) is 45.5 Å². The first-order valence-corrected chi connectivity index (χ1v) is 11.8. The zero-order valence-electron chi connectivity index (χ0n) is 21.2. The molecular weight excluding hydrogens is 535 g/mol. The van der Waals surface area contributed by atoms with E-state index in [2.05, 4.69) is 20.6 Å². The average Bonchev–Trinajstić information content (AvgIpc) is 2.89. The number of nitrogen functional groups attached to an aromatic ring is 1. The van der Waals surface area contributed by atoms with Gasteiger partial charge in [0.2, 0.25) is 5.88 Å². The molecule has 1 aliphatic heterocycles. The number of amidine groups is 1. The van der Waals surface area contributed by atoms with Crippen LogP contribution in [0.15, 0.2) is 64.9 Å². The lowest BCUT2D eigenvalue weighted by atomic mass is 9.93. The molecule has 5 N–H and O–H groups in total. The molecule has 1 aliphatic rings. The van der Waals surface area contributed by atoms with Gasteiger partial charge in [-0.2, -0.15) is 13.2 Å². The summed E-state index contributed by atoms with van der Waals surface area (Å²) in [7, 11) is 0. The van der Waals surface area contributed by atoms with Crippen LogP contribution in [-0.4, -0.2) is 29.5 Å². The number of carbonyl (C=O) groups excluding carboxylic acids is 1. The average molecular weight is 559 g/mol. The van der Waals surface area contributed by atoms with Gasteiger partial charge in [-0.25, -0.2) is 13.8 Å². The highest BCUT2D eigenvalue weighted by atomic mass is 19.4. The standard InChI is InChI=1S/C27H23F5N6O2/c1-3-40-22-9-14(6-7-35-22)25-36-13(2)23(26(39)37-21-8-15(12-33)20(34)11-19(21)29)24(38-25)17-5-4-16(10-18(17)28)27(30,31)32/h4-12,24,33H,3,34H2,1-2H3,(H,36,38)(H,37,39). The van der Waals surface area contributed by atoms with E-state index in [0.717, 1.165) is 24.4 Å². The van der Waals surface area contributed by atoms with Gasteiger partial charge in [0.25, 0.3) is 5.91 Å². The number of carbonyl (C=O) groups is 1. The molecule has 1 unspecified atom stereocenters. The summed E-state index contributed by atoms with van der Waals surface area (Å²) in [5.74, 6) is -2.58. The Labute approximate surface area is 225 Å². The van der Waals surface area contributed by atoms with Crippen molar-refractivity contribution in [2.75, 3.05) is 17.7 Å². The highest BCUT2D eigenvalue weighted by Gasteiger charge is 2.35. The van der Waals surface area contributed by atoms with E-state index < -0.39 is 35.3 Å². The highest BCUT2D eigenvalue weighted by molar-refractivity contribution is 6.09. The Morgan fingerprint density at radius 3 is 2.58 bits per heavy atom. The van der Waals surface area contributed by atoms with Crippen LogP contribution in [0.4, 0.5) is 33.3 Å². The van der Waals surface area contributed by atoms with Crippen molar-refractivity contribution in [3.63, 3.8) is 0 Å². The number of ether oxygens (including phenoxy) is 1. The molecule has 1 aromatic heterocycles. The number of anilines is 2. The third-order valence-electron chi connectivity index (χ3n) is 5.99. The molecule has 1 atom stereocenters. The van der Waals surface area contributed by atoms with Crippen LogP contribution in [-0.2, 0) is 11.0 Å². The van der Waals surface area contributed by atoms with Gasteiger partial charge in [-0.05, 0) is 44.2 Å². The summed E-state index contributed by atoms with van der Waals surface area (Å²) >= 11 is 0. The maximum absolute atomic E-state index is 15.2. The Morgan fingerprint density at radius 2 is 1.93 bits per heavy atom. The fraction of sp³-hybridized carbons (Fsp3) is 0.185. The van der Waals surface area contributed by atoms with E-state index in [0.29, 0.717) is 24.3 Å². The number of allylic oxidation sites excluding steroid dienone is 1. The number of nitrogens with two attached hydrogens (primary N) is 1. The first-order chi connectivity index (χ1) is 18.9. The summed E-state index contributed by atoms with van der Waals surface area (Å²) in [5, 5.41) is 12.8. The fourth-order valence-corrected chi connectivity index (χ4v) is 4.07. The minimum absolute atomic E-state index is 0.0251. The molecule has 13 heteroatoms. The Kier molecular flexibility index (Phi) is 7.84. The molecule has 2 aromatic carbocycles. The van der Waals surface area contributed by atoms with E-state index in [4.69, 9.17) is 15.9 Å². The molecular formula is C27H23F5N6O2. The second kappa shape index (κ2) is 11.1. The molecule has 0 radical (unpaired) electrons. The minimum atomic E-state index is -4.79. The number of nitrogens with one attached hydrogen (secondary N) is 3. The number of benzene rings is 2. The van der Waals surface area contributed by atoms with Gasteiger partial charge in [0.1, 0.15) is 23.5 Å². The van der Waals surface area contributed by atoms with Gasteiger partial charge in [-0.15, -0.1) is 0 Å². The van der Waals surface area contributed by atoms with E-state index >= 15 is 4.39 Å². The maximum atomic E-state index is 15.2. The number of amides is 1. The van der Waals surface area contributed by atoms with Crippen LogP contribution in [0.1, 0.15) is 42.1 Å². The van der Waals surface area contributed by atoms with Crippen LogP contribution >= 0.6 is 0 Å². The predicted molar refractivity (Wildman–Crippen MR) is 139 cm³/mol. The molecule has 2 heterocycles. The molecule has 40 heavy (non-hydrogen) atoms. The molecule has 0 saturated heterocycles. The lowest BCUT2D eigenvalue weighted by Crippen LogP contribution is -2.34. The quantitative estimate of drug-likeness (QED) is 0.177. The largest absolute Gasteiger partial charge is 0.478 e. The second-order valence-electron chi connectivity index (χ2n) is 8.65. The Hall–Kier alpha value is -4.81. The van der Waals surface area contributed by atoms with E-state index in [9.17, 15) is 22.4 Å². The van der Waals surface area contributed by atoms with Crippen molar-refractivity contribution in [3.05, 3.63) is 93.8 Å². The first kappa shape index (κ1) is 28.2. The van der Waals surface area contributed by atoms with Crippen LogP contribution in [0.2, 0.25) is 0 Å². The van der Waals surface area contributed by atoms with Gasteiger partial charge in [-0.3, -0.25) is 9.79 Å². The van der Waals surface area contributed by atoms with Crippen molar-refractivity contribution < 1.29 is 31.5 Å². The SMILES string of the molecule is CCOc1cc(C2=NC(c3ccc(C(F)(F)F)cc3F)C(C(=O)Nc3cc(C=N)c(N)cc3F)=C(C)N2)ccn1. The van der Waals surface area contributed by atoms with Gasteiger partial charge in [0, 0.05) is 46.6 Å². The summed E-state index contributed by atoms with van der Waals surface area (Å²) in [6, 6.07) is 5.72. The van der Waals surface area contributed by atoms with Gasteiger partial charge >= 0.3 is 6.18 Å². The minimum Gasteiger partial charge on any atom is -0.478 e. The lowest BCUT2D eigenvalue weighted by molar-refractivity contribution is -0.137. The van der Waals surface area contributed by atoms with Crippen LogP contribution in [0.25, 0.3) is 0 Å². The van der Waals surface area contributed by atoms with Crippen molar-refractivity contribution in [1.82, 2.24) is 10.3 Å². The third kappa shape index (κ3) is 5.77. The molecule has 0 saturated carbocycles.